The summed E-state index contributed by atoms with van der Waals surface area (Å²) in [6.45, 7) is 4.22. The van der Waals surface area contributed by atoms with Crippen LogP contribution in [0.25, 0.3) is 0 Å². The Hall–Kier alpha value is -0.660. The van der Waals surface area contributed by atoms with Crippen molar-refractivity contribution in [3.05, 3.63) is 0 Å². The third-order valence-electron chi connectivity index (χ3n) is 4.80. The van der Waals surface area contributed by atoms with Crippen molar-refractivity contribution in [3.63, 3.8) is 0 Å². The fraction of sp³-hybridized carbons (Fsp3) is 0.909. The van der Waals surface area contributed by atoms with Crippen LogP contribution in [0.4, 0.5) is 0 Å². The number of Topliss-reactive ketones (excluding diaryl/α,β-unsaturated/α-hetero) is 2. The van der Waals surface area contributed by atoms with Gasteiger partial charge >= 0.3 is 0 Å². The van der Waals surface area contributed by atoms with Crippen LogP contribution in [0.2, 0.25) is 0 Å². The Morgan fingerprint density at radius 1 is 0.417 bits per heavy atom. The molecule has 0 fully saturated rings. The van der Waals surface area contributed by atoms with Gasteiger partial charge in [-0.2, -0.15) is 0 Å². The maximum absolute atomic E-state index is 11.5. The predicted octanol–water partition coefficient (Wildman–Crippen LogP) is 7.19. The maximum Gasteiger partial charge on any atom is 0.198 e. The Morgan fingerprint density at radius 2 is 0.750 bits per heavy atom. The van der Waals surface area contributed by atoms with Crippen molar-refractivity contribution >= 4 is 11.6 Å². The van der Waals surface area contributed by atoms with Gasteiger partial charge in [0.2, 0.25) is 0 Å². The minimum Gasteiger partial charge on any atom is -0.291 e. The summed E-state index contributed by atoms with van der Waals surface area (Å²) in [5.41, 5.74) is 0. The van der Waals surface area contributed by atoms with Gasteiger partial charge in [-0.15, -0.1) is 0 Å². The molecule has 0 aromatic rings. The van der Waals surface area contributed by atoms with E-state index >= 15 is 0 Å². The molecule has 2 heteroatoms. The van der Waals surface area contributed by atoms with Crippen LogP contribution >= 0.6 is 0 Å². The number of unbranched alkanes of at least 4 members (excludes halogenated alkanes) is 14. The van der Waals surface area contributed by atoms with Gasteiger partial charge in [0.15, 0.2) is 11.6 Å². The molecule has 0 saturated heterocycles. The normalized spacial score (nSPS) is 10.9. The fourth-order valence-corrected chi connectivity index (χ4v) is 3.16. The molecule has 24 heavy (non-hydrogen) atoms. The van der Waals surface area contributed by atoms with Crippen LogP contribution in [0.15, 0.2) is 0 Å². The molecule has 0 N–H and O–H groups in total. The molecule has 0 aromatic heterocycles. The first-order chi connectivity index (χ1) is 11.7. The molecule has 0 amide bonds. The van der Waals surface area contributed by atoms with Crippen LogP contribution in [-0.2, 0) is 9.59 Å². The third-order valence-corrected chi connectivity index (χ3v) is 4.80. The number of carbonyl (C=O) groups is 2. The van der Waals surface area contributed by atoms with Gasteiger partial charge in [-0.05, 0) is 12.8 Å². The summed E-state index contributed by atoms with van der Waals surface area (Å²) in [7, 11) is 0. The standard InChI is InChI=1S/C22H42O2/c1-3-5-6-7-8-9-10-11-12-13-14-15-16-17-18-20-22(24)21(23)19-4-2/h3-20H2,1-2H3. The van der Waals surface area contributed by atoms with Gasteiger partial charge in [0, 0.05) is 12.8 Å². The lowest BCUT2D eigenvalue weighted by molar-refractivity contribution is -0.136. The van der Waals surface area contributed by atoms with E-state index in [1.165, 1.54) is 83.5 Å². The molecule has 2 nitrogen and oxygen atoms in total. The summed E-state index contributed by atoms with van der Waals surface area (Å²) in [5, 5.41) is 0. The number of ketones is 2. The Kier molecular flexibility index (Phi) is 18.2. The molecule has 0 radical (unpaired) electrons. The van der Waals surface area contributed by atoms with Gasteiger partial charge in [-0.25, -0.2) is 0 Å². The van der Waals surface area contributed by atoms with E-state index < -0.39 is 0 Å². The zero-order valence-corrected chi connectivity index (χ0v) is 16.5. The van der Waals surface area contributed by atoms with E-state index in [9.17, 15) is 9.59 Å². The van der Waals surface area contributed by atoms with Crippen LogP contribution in [-0.4, -0.2) is 11.6 Å². The Morgan fingerprint density at radius 3 is 1.12 bits per heavy atom. The molecule has 0 bridgehead atoms. The summed E-state index contributed by atoms with van der Waals surface area (Å²) >= 11 is 0. The lowest BCUT2D eigenvalue weighted by atomic mass is 10.0. The molecule has 0 atom stereocenters. The fourth-order valence-electron chi connectivity index (χ4n) is 3.16. The minimum atomic E-state index is -0.164. The second kappa shape index (κ2) is 18.7. The van der Waals surface area contributed by atoms with Crippen molar-refractivity contribution in [1.29, 1.82) is 0 Å². The average Bonchev–Trinajstić information content (AvgIpc) is 2.58. The Labute approximate surface area is 151 Å². The molecule has 0 aliphatic rings. The van der Waals surface area contributed by atoms with Gasteiger partial charge in [0.1, 0.15) is 0 Å². The zero-order valence-electron chi connectivity index (χ0n) is 16.5. The number of rotatable bonds is 19. The highest BCUT2D eigenvalue weighted by Crippen LogP contribution is 2.13. The van der Waals surface area contributed by atoms with E-state index in [2.05, 4.69) is 6.92 Å². The first-order valence-corrected chi connectivity index (χ1v) is 10.8. The zero-order chi connectivity index (χ0) is 17.9. The molecule has 0 heterocycles. The Balaban J connectivity index is 3.15. The average molecular weight is 339 g/mol. The molecular formula is C22H42O2. The molecule has 0 aliphatic carbocycles. The number of carbonyl (C=O) groups excluding carboxylic acids is 2. The second-order valence-electron chi connectivity index (χ2n) is 7.30. The lowest BCUT2D eigenvalue weighted by Crippen LogP contribution is -2.12. The van der Waals surface area contributed by atoms with Crippen molar-refractivity contribution in [1.82, 2.24) is 0 Å². The lowest BCUT2D eigenvalue weighted by Gasteiger charge is -2.03. The molecule has 0 saturated carbocycles. The molecule has 0 aromatic carbocycles. The SMILES string of the molecule is CCCCCCCCCCCCCCCCCC(=O)C(=O)CCC. The summed E-state index contributed by atoms with van der Waals surface area (Å²) in [4.78, 5) is 22.9. The number of hydrogen-bond donors (Lipinski definition) is 0. The van der Waals surface area contributed by atoms with Crippen LogP contribution in [0.3, 0.4) is 0 Å². The highest BCUT2D eigenvalue weighted by atomic mass is 16.2. The highest BCUT2D eigenvalue weighted by Gasteiger charge is 2.11. The van der Waals surface area contributed by atoms with E-state index in [0.717, 1.165) is 19.3 Å². The quantitative estimate of drug-likeness (QED) is 0.184. The summed E-state index contributed by atoms with van der Waals surface area (Å²) in [6, 6.07) is 0. The third kappa shape index (κ3) is 16.2. The van der Waals surface area contributed by atoms with E-state index in [1.54, 1.807) is 0 Å². The first-order valence-electron chi connectivity index (χ1n) is 10.8. The van der Waals surface area contributed by atoms with Crippen molar-refractivity contribution in [2.24, 2.45) is 0 Å². The highest BCUT2D eigenvalue weighted by molar-refractivity contribution is 6.37. The predicted molar refractivity (Wildman–Crippen MR) is 104 cm³/mol. The maximum atomic E-state index is 11.5. The smallest absolute Gasteiger partial charge is 0.198 e. The van der Waals surface area contributed by atoms with E-state index in [1.807, 2.05) is 6.92 Å². The topological polar surface area (TPSA) is 34.1 Å². The van der Waals surface area contributed by atoms with E-state index in [0.29, 0.717) is 12.8 Å². The summed E-state index contributed by atoms with van der Waals surface area (Å²) < 4.78 is 0. The van der Waals surface area contributed by atoms with Crippen molar-refractivity contribution in [2.45, 2.75) is 129 Å². The van der Waals surface area contributed by atoms with Gasteiger partial charge in [-0.3, -0.25) is 9.59 Å². The van der Waals surface area contributed by atoms with Crippen LogP contribution in [0.1, 0.15) is 129 Å². The van der Waals surface area contributed by atoms with Crippen LogP contribution < -0.4 is 0 Å². The van der Waals surface area contributed by atoms with Gasteiger partial charge in [0.05, 0.1) is 0 Å². The first kappa shape index (κ1) is 23.3. The van der Waals surface area contributed by atoms with Crippen molar-refractivity contribution in [3.8, 4) is 0 Å². The largest absolute Gasteiger partial charge is 0.291 e. The molecule has 0 aliphatic heterocycles. The van der Waals surface area contributed by atoms with Crippen molar-refractivity contribution < 1.29 is 9.59 Å². The van der Waals surface area contributed by atoms with E-state index in [4.69, 9.17) is 0 Å². The van der Waals surface area contributed by atoms with Gasteiger partial charge < -0.3 is 0 Å². The van der Waals surface area contributed by atoms with Gasteiger partial charge in [-0.1, -0.05) is 104 Å². The molecule has 0 unspecified atom stereocenters. The summed E-state index contributed by atoms with van der Waals surface area (Å²) in [5.74, 6) is -0.311. The Bertz CT molecular complexity index is 296. The van der Waals surface area contributed by atoms with Crippen LogP contribution in [0, 0.1) is 0 Å². The molecule has 142 valence electrons. The molecular weight excluding hydrogens is 296 g/mol. The van der Waals surface area contributed by atoms with Crippen LogP contribution in [0.5, 0.6) is 0 Å². The second-order valence-corrected chi connectivity index (χ2v) is 7.30. The number of hydrogen-bond acceptors (Lipinski definition) is 2. The minimum absolute atomic E-state index is 0.147. The monoisotopic (exact) mass is 338 g/mol. The van der Waals surface area contributed by atoms with Gasteiger partial charge in [0.25, 0.3) is 0 Å². The molecule has 0 spiro atoms. The van der Waals surface area contributed by atoms with Crippen molar-refractivity contribution in [2.75, 3.05) is 0 Å². The summed E-state index contributed by atoms with van der Waals surface area (Å²) in [6.07, 6.45) is 21.5. The van der Waals surface area contributed by atoms with E-state index in [-0.39, 0.29) is 11.6 Å². The molecule has 0 rings (SSSR count).